The molecule has 0 aliphatic rings. The Morgan fingerprint density at radius 3 is 2.19 bits per heavy atom. The Hall–Kier alpha value is -3.68. The molecule has 1 heterocycles. The number of esters is 1. The number of hydrogen-bond acceptors (Lipinski definition) is 6. The maximum Gasteiger partial charge on any atom is 0.306 e. The van der Waals surface area contributed by atoms with Crippen molar-refractivity contribution < 1.29 is 23.7 Å². The van der Waals surface area contributed by atoms with Crippen LogP contribution in [0.2, 0.25) is 0 Å². The van der Waals surface area contributed by atoms with Gasteiger partial charge in [0.25, 0.3) is 5.56 Å². The van der Waals surface area contributed by atoms with Gasteiger partial charge in [0.05, 0.1) is 34.9 Å². The summed E-state index contributed by atoms with van der Waals surface area (Å²) in [5.74, 6) is 0.872. The minimum Gasteiger partial charge on any atom is -0.497 e. The van der Waals surface area contributed by atoms with E-state index < -0.39 is 11.9 Å². The molecule has 1 atom stereocenters. The number of H-pyrrole nitrogens is 2. The third kappa shape index (κ3) is 4.91. The molecular weight excluding hydrogens is 400 g/mol. The molecule has 164 valence electrons. The number of ether oxygens (including phenoxy) is 4. The molecule has 0 spiro atoms. The number of aromatic amines is 2. The smallest absolute Gasteiger partial charge is 0.306 e. The fraction of sp³-hybridized carbons (Fsp3) is 0.304. The number of rotatable bonds is 9. The lowest BCUT2D eigenvalue weighted by Gasteiger charge is -2.19. The monoisotopic (exact) mass is 426 g/mol. The summed E-state index contributed by atoms with van der Waals surface area (Å²) in [4.78, 5) is 25.1. The van der Waals surface area contributed by atoms with E-state index in [1.807, 2.05) is 24.3 Å². The van der Waals surface area contributed by atoms with Gasteiger partial charge in [-0.3, -0.25) is 14.7 Å². The fourth-order valence-corrected chi connectivity index (χ4v) is 3.58. The summed E-state index contributed by atoms with van der Waals surface area (Å²) in [6, 6.07) is 12.9. The highest BCUT2D eigenvalue weighted by Gasteiger charge is 2.28. The second kappa shape index (κ2) is 9.88. The molecule has 31 heavy (non-hydrogen) atoms. The van der Waals surface area contributed by atoms with E-state index in [4.69, 9.17) is 18.9 Å². The van der Waals surface area contributed by atoms with Crippen molar-refractivity contribution >= 4 is 5.97 Å². The van der Waals surface area contributed by atoms with Gasteiger partial charge in [0.15, 0.2) is 0 Å². The average molecular weight is 426 g/mol. The van der Waals surface area contributed by atoms with Crippen LogP contribution in [0.15, 0.2) is 47.3 Å². The molecule has 0 saturated heterocycles. The van der Waals surface area contributed by atoms with Crippen LogP contribution < -0.4 is 19.8 Å². The van der Waals surface area contributed by atoms with E-state index >= 15 is 0 Å². The van der Waals surface area contributed by atoms with Crippen LogP contribution in [0, 0.1) is 0 Å². The van der Waals surface area contributed by atoms with Gasteiger partial charge < -0.3 is 24.0 Å². The Kier molecular flexibility index (Phi) is 7.02. The number of carbonyl (C=O) groups excluding carboxylic acids is 1. The summed E-state index contributed by atoms with van der Waals surface area (Å²) >= 11 is 0. The van der Waals surface area contributed by atoms with Crippen LogP contribution in [-0.4, -0.2) is 44.6 Å². The van der Waals surface area contributed by atoms with Crippen LogP contribution in [-0.2, 0) is 16.0 Å². The lowest BCUT2D eigenvalue weighted by molar-refractivity contribution is -0.140. The van der Waals surface area contributed by atoms with Gasteiger partial charge in [-0.25, -0.2) is 0 Å². The lowest BCUT2D eigenvalue weighted by Crippen LogP contribution is -2.18. The van der Waals surface area contributed by atoms with Crippen LogP contribution in [0.25, 0.3) is 0 Å². The molecule has 2 N–H and O–H groups in total. The Morgan fingerprint density at radius 1 is 0.903 bits per heavy atom. The Morgan fingerprint density at radius 2 is 1.58 bits per heavy atom. The normalized spacial score (nSPS) is 11.6. The van der Waals surface area contributed by atoms with Gasteiger partial charge >= 0.3 is 5.97 Å². The summed E-state index contributed by atoms with van der Waals surface area (Å²) in [5.41, 5.74) is 2.52. The molecule has 0 aliphatic heterocycles. The Labute approximate surface area is 180 Å². The molecule has 0 fully saturated rings. The molecular formula is C23H26N2O6. The first-order valence-corrected chi connectivity index (χ1v) is 9.71. The molecule has 1 unspecified atom stereocenters. The van der Waals surface area contributed by atoms with Gasteiger partial charge in [0.1, 0.15) is 17.2 Å². The highest BCUT2D eigenvalue weighted by atomic mass is 16.5. The van der Waals surface area contributed by atoms with Crippen LogP contribution >= 0.6 is 0 Å². The van der Waals surface area contributed by atoms with Crippen molar-refractivity contribution in [2.24, 2.45) is 0 Å². The van der Waals surface area contributed by atoms with E-state index in [1.165, 1.54) is 14.2 Å². The molecule has 8 heteroatoms. The highest BCUT2D eigenvalue weighted by Crippen LogP contribution is 2.37. The quantitative estimate of drug-likeness (QED) is 0.510. The first-order chi connectivity index (χ1) is 15.0. The zero-order valence-corrected chi connectivity index (χ0v) is 18.0. The SMILES string of the molecule is COC(=O)CC(c1ccc(OC)cc1OC)c1c(Cc2ccc(OC)cc2)[nH][nH]c1=O. The molecule has 0 bridgehead atoms. The minimum atomic E-state index is -0.573. The molecule has 1 aromatic heterocycles. The van der Waals surface area contributed by atoms with Gasteiger partial charge in [-0.1, -0.05) is 18.2 Å². The molecule has 0 amide bonds. The number of hydrogen-bond donors (Lipinski definition) is 2. The molecule has 0 radical (unpaired) electrons. The van der Waals surface area contributed by atoms with Crippen molar-refractivity contribution in [2.45, 2.75) is 18.8 Å². The number of carbonyl (C=O) groups is 1. The highest BCUT2D eigenvalue weighted by molar-refractivity contribution is 5.72. The molecule has 2 aromatic carbocycles. The van der Waals surface area contributed by atoms with Crippen molar-refractivity contribution in [1.29, 1.82) is 0 Å². The third-order valence-electron chi connectivity index (χ3n) is 5.20. The predicted molar refractivity (Wildman–Crippen MR) is 115 cm³/mol. The van der Waals surface area contributed by atoms with E-state index in [0.29, 0.717) is 34.7 Å². The zero-order chi connectivity index (χ0) is 22.4. The standard InChI is InChI=1S/C23H26N2O6/c1-28-15-7-5-14(6-8-15)11-19-22(23(27)25-24-19)18(13-21(26)31-4)17-10-9-16(29-2)12-20(17)30-3/h5-10,12,18H,11,13H2,1-4H3,(H2,24,25,27). The van der Waals surface area contributed by atoms with Gasteiger partial charge in [0.2, 0.25) is 0 Å². The lowest BCUT2D eigenvalue weighted by atomic mass is 9.86. The van der Waals surface area contributed by atoms with E-state index in [0.717, 1.165) is 11.3 Å². The summed E-state index contributed by atoms with van der Waals surface area (Å²) < 4.78 is 20.9. The second-order valence-electron chi connectivity index (χ2n) is 6.94. The zero-order valence-electron chi connectivity index (χ0n) is 18.0. The van der Waals surface area contributed by atoms with Crippen LogP contribution in [0.1, 0.15) is 34.7 Å². The average Bonchev–Trinajstić information content (AvgIpc) is 3.16. The number of methoxy groups -OCH3 is 4. The summed E-state index contributed by atoms with van der Waals surface area (Å²) in [6.07, 6.45) is 0.448. The first kappa shape index (κ1) is 22.0. The summed E-state index contributed by atoms with van der Waals surface area (Å²) in [7, 11) is 6.03. The van der Waals surface area contributed by atoms with Crippen molar-refractivity contribution in [3.8, 4) is 17.2 Å². The van der Waals surface area contributed by atoms with E-state index in [2.05, 4.69) is 10.2 Å². The Bertz CT molecular complexity index is 1080. The maximum atomic E-state index is 12.8. The first-order valence-electron chi connectivity index (χ1n) is 9.71. The van der Waals surface area contributed by atoms with E-state index in [-0.39, 0.29) is 12.0 Å². The maximum absolute atomic E-state index is 12.8. The molecule has 3 aromatic rings. The largest absolute Gasteiger partial charge is 0.497 e. The minimum absolute atomic E-state index is 0.0181. The third-order valence-corrected chi connectivity index (χ3v) is 5.20. The van der Waals surface area contributed by atoms with Crippen molar-refractivity contribution in [2.75, 3.05) is 28.4 Å². The van der Waals surface area contributed by atoms with Gasteiger partial charge in [-0.05, 0) is 23.8 Å². The van der Waals surface area contributed by atoms with Gasteiger partial charge in [0, 0.05) is 35.2 Å². The van der Waals surface area contributed by atoms with E-state index in [9.17, 15) is 9.59 Å². The van der Waals surface area contributed by atoms with Crippen LogP contribution in [0.5, 0.6) is 17.2 Å². The molecule has 8 nitrogen and oxygen atoms in total. The number of nitrogens with one attached hydrogen (secondary N) is 2. The van der Waals surface area contributed by atoms with Gasteiger partial charge in [-0.15, -0.1) is 0 Å². The molecule has 0 aliphatic carbocycles. The van der Waals surface area contributed by atoms with Crippen molar-refractivity contribution in [3.05, 3.63) is 75.2 Å². The topological polar surface area (TPSA) is 103 Å². The van der Waals surface area contributed by atoms with Crippen LogP contribution in [0.4, 0.5) is 0 Å². The summed E-state index contributed by atoms with van der Waals surface area (Å²) in [6.45, 7) is 0. The second-order valence-corrected chi connectivity index (χ2v) is 6.94. The Balaban J connectivity index is 2.07. The fourth-order valence-electron chi connectivity index (χ4n) is 3.58. The molecule has 0 saturated carbocycles. The van der Waals surface area contributed by atoms with E-state index in [1.54, 1.807) is 32.4 Å². The number of benzene rings is 2. The molecule has 3 rings (SSSR count). The van der Waals surface area contributed by atoms with Crippen molar-refractivity contribution in [3.63, 3.8) is 0 Å². The van der Waals surface area contributed by atoms with Gasteiger partial charge in [-0.2, -0.15) is 0 Å². The number of aromatic nitrogens is 2. The van der Waals surface area contributed by atoms with Crippen molar-refractivity contribution in [1.82, 2.24) is 10.2 Å². The predicted octanol–water partition coefficient (Wildman–Crippen LogP) is 3.01. The van der Waals surface area contributed by atoms with Crippen LogP contribution in [0.3, 0.4) is 0 Å². The summed E-state index contributed by atoms with van der Waals surface area (Å²) in [5, 5.41) is 5.62.